The van der Waals surface area contributed by atoms with Crippen molar-refractivity contribution < 1.29 is 40.9 Å². The molecule has 1 amide bonds. The number of alkyl halides is 5. The van der Waals surface area contributed by atoms with Crippen LogP contribution in [-0.4, -0.2) is 35.3 Å². The molecule has 0 unspecified atom stereocenters. The van der Waals surface area contributed by atoms with Crippen LogP contribution >= 0.6 is 0 Å². The zero-order valence-corrected chi connectivity index (χ0v) is 10.8. The minimum atomic E-state index is -6.21. The fourth-order valence-electron chi connectivity index (χ4n) is 1.40. The Balaban J connectivity index is 3.18. The van der Waals surface area contributed by atoms with Crippen molar-refractivity contribution in [1.82, 2.24) is 0 Å². The maximum absolute atomic E-state index is 13.0. The molecule has 12 heteroatoms. The van der Waals surface area contributed by atoms with Gasteiger partial charge in [-0.3, -0.25) is 19.7 Å². The van der Waals surface area contributed by atoms with Crippen molar-refractivity contribution in [3.8, 4) is 0 Å². The second kappa shape index (κ2) is 6.22. The monoisotopic (exact) mass is 344 g/mol. The van der Waals surface area contributed by atoms with Crippen molar-refractivity contribution in [2.45, 2.75) is 12.1 Å². The average Bonchev–Trinajstić information content (AvgIpc) is 2.36. The molecule has 1 N–H and O–H groups in total. The summed E-state index contributed by atoms with van der Waals surface area (Å²) in [5.74, 6) is -11.2. The van der Waals surface area contributed by atoms with Gasteiger partial charge in [-0.1, -0.05) is 0 Å². The second-order valence-corrected chi connectivity index (χ2v) is 4.13. The van der Waals surface area contributed by atoms with Gasteiger partial charge in [0.2, 0.25) is 5.78 Å². The molecule has 1 aromatic rings. The molecule has 1 aromatic carbocycles. The summed E-state index contributed by atoms with van der Waals surface area (Å²) in [6.07, 6.45) is -6.21. The number of nitrogens with zero attached hydrogens (tertiary/aromatic N) is 1. The zero-order chi connectivity index (χ0) is 18.0. The molecule has 0 fully saturated rings. The Morgan fingerprint density at radius 3 is 2.22 bits per heavy atom. The van der Waals surface area contributed by atoms with E-state index in [9.17, 15) is 46.0 Å². The van der Waals surface area contributed by atoms with E-state index in [4.69, 9.17) is 0 Å². The largest absolute Gasteiger partial charge is 0.463 e. The molecule has 126 valence electrons. The van der Waals surface area contributed by atoms with Crippen molar-refractivity contribution >= 4 is 17.4 Å². The molecule has 0 saturated carbocycles. The Kier molecular flexibility index (Phi) is 4.97. The first kappa shape index (κ1) is 18.4. The third-order valence-corrected chi connectivity index (χ3v) is 2.44. The Bertz CT molecular complexity index is 658. The van der Waals surface area contributed by atoms with E-state index in [2.05, 4.69) is 0 Å². The van der Waals surface area contributed by atoms with Crippen molar-refractivity contribution in [3.63, 3.8) is 0 Å². The van der Waals surface area contributed by atoms with Crippen LogP contribution in [0.15, 0.2) is 18.2 Å². The highest BCUT2D eigenvalue weighted by molar-refractivity contribution is 6.06. The highest BCUT2D eigenvalue weighted by Gasteiger charge is 2.63. The number of carbonyl (C=O) groups is 2. The molecule has 0 aliphatic rings. The minimum absolute atomic E-state index is 0.289. The van der Waals surface area contributed by atoms with Crippen LogP contribution in [0.2, 0.25) is 0 Å². The molecule has 0 bridgehead atoms. The molecule has 0 aliphatic heterocycles. The molecule has 0 aromatic heterocycles. The number of Topliss-reactive ketones (excluding diaryl/α,β-unsaturated/α-hetero) is 1. The number of benzene rings is 1. The van der Waals surface area contributed by atoms with Gasteiger partial charge < -0.3 is 5.32 Å². The van der Waals surface area contributed by atoms with Crippen LogP contribution in [-0.2, 0) is 4.79 Å². The normalized spacial score (nSPS) is 11.9. The SMILES string of the molecule is O=C(C[N+](=O)[O-])c1ccc(F)cc1NC(=O)C(F)(F)C(F)(F)F. The number of halogens is 6. The van der Waals surface area contributed by atoms with Gasteiger partial charge in [0, 0.05) is 10.5 Å². The fourth-order valence-corrected chi connectivity index (χ4v) is 1.40. The maximum atomic E-state index is 13.0. The number of ketones is 1. The summed E-state index contributed by atoms with van der Waals surface area (Å²) < 4.78 is 74.9. The number of nitro groups is 1. The molecule has 0 radical (unpaired) electrons. The molecule has 0 aliphatic carbocycles. The fraction of sp³-hybridized carbons (Fsp3) is 0.273. The highest BCUT2D eigenvalue weighted by Crippen LogP contribution is 2.36. The van der Waals surface area contributed by atoms with Crippen LogP contribution in [0.25, 0.3) is 0 Å². The average molecular weight is 344 g/mol. The first-order valence-electron chi connectivity index (χ1n) is 5.57. The Morgan fingerprint density at radius 2 is 1.74 bits per heavy atom. The van der Waals surface area contributed by atoms with Crippen molar-refractivity contribution in [1.29, 1.82) is 0 Å². The van der Waals surface area contributed by atoms with Crippen molar-refractivity contribution in [3.05, 3.63) is 39.7 Å². The molecule has 0 heterocycles. The molecule has 0 atom stereocenters. The highest BCUT2D eigenvalue weighted by atomic mass is 19.4. The zero-order valence-electron chi connectivity index (χ0n) is 10.8. The third-order valence-electron chi connectivity index (χ3n) is 2.44. The third kappa shape index (κ3) is 4.17. The van der Waals surface area contributed by atoms with Crippen molar-refractivity contribution in [2.75, 3.05) is 11.9 Å². The molecule has 0 spiro atoms. The van der Waals surface area contributed by atoms with Crippen LogP contribution in [0.3, 0.4) is 0 Å². The molecule has 0 saturated heterocycles. The van der Waals surface area contributed by atoms with Gasteiger partial charge in [0.15, 0.2) is 0 Å². The maximum Gasteiger partial charge on any atom is 0.463 e. The predicted octanol–water partition coefficient (Wildman–Crippen LogP) is 2.42. The van der Waals surface area contributed by atoms with E-state index in [-0.39, 0.29) is 6.07 Å². The molecule has 1 rings (SSSR count). The van der Waals surface area contributed by atoms with Gasteiger partial charge in [-0.15, -0.1) is 0 Å². The summed E-state index contributed by atoms with van der Waals surface area (Å²) in [7, 11) is 0. The van der Waals surface area contributed by atoms with Gasteiger partial charge in [0.1, 0.15) is 5.82 Å². The number of anilines is 1. The lowest BCUT2D eigenvalue weighted by molar-refractivity contribution is -0.465. The quantitative estimate of drug-likeness (QED) is 0.384. The van der Waals surface area contributed by atoms with Gasteiger partial charge in [0.05, 0.1) is 5.69 Å². The molecule has 6 nitrogen and oxygen atoms in total. The van der Waals surface area contributed by atoms with E-state index in [1.807, 2.05) is 0 Å². The number of nitrogens with one attached hydrogen (secondary N) is 1. The minimum Gasteiger partial charge on any atom is -0.320 e. The summed E-state index contributed by atoms with van der Waals surface area (Å²) in [6, 6.07) is 1.52. The molecular weight excluding hydrogens is 338 g/mol. The first-order valence-corrected chi connectivity index (χ1v) is 5.57. The standard InChI is InChI=1S/C11H6F6N2O4/c12-5-1-2-6(8(20)4-19(22)23)7(3-5)18-9(21)10(13,14)11(15,16)17/h1-3H,4H2,(H,18,21). The van der Waals surface area contributed by atoms with E-state index in [1.54, 1.807) is 0 Å². The van der Waals surface area contributed by atoms with Gasteiger partial charge in [-0.2, -0.15) is 22.0 Å². The summed E-state index contributed by atoms with van der Waals surface area (Å²) in [5, 5.41) is 11.3. The molecule has 23 heavy (non-hydrogen) atoms. The Labute approximate surface area is 123 Å². The second-order valence-electron chi connectivity index (χ2n) is 4.13. The van der Waals surface area contributed by atoms with Gasteiger partial charge >= 0.3 is 18.0 Å². The summed E-state index contributed by atoms with van der Waals surface area (Å²) in [5.41, 5.74) is -1.82. The van der Waals surface area contributed by atoms with Crippen LogP contribution in [0.4, 0.5) is 32.0 Å². The van der Waals surface area contributed by atoms with E-state index in [0.717, 1.165) is 5.32 Å². The smallest absolute Gasteiger partial charge is 0.320 e. The van der Waals surface area contributed by atoms with E-state index in [1.165, 1.54) is 0 Å². The van der Waals surface area contributed by atoms with Gasteiger partial charge in [-0.05, 0) is 18.2 Å². The summed E-state index contributed by atoms with van der Waals surface area (Å²) in [6.45, 7) is -1.33. The number of hydrogen-bond donors (Lipinski definition) is 1. The molecular formula is C11H6F6N2O4. The van der Waals surface area contributed by atoms with Crippen LogP contribution in [0, 0.1) is 15.9 Å². The van der Waals surface area contributed by atoms with Gasteiger partial charge in [-0.25, -0.2) is 4.39 Å². The number of carbonyl (C=O) groups excluding carboxylic acids is 2. The lowest BCUT2D eigenvalue weighted by Crippen LogP contribution is -2.47. The van der Waals surface area contributed by atoms with Crippen LogP contribution in [0.1, 0.15) is 10.4 Å². The van der Waals surface area contributed by atoms with Crippen LogP contribution < -0.4 is 5.32 Å². The summed E-state index contributed by atoms with van der Waals surface area (Å²) >= 11 is 0. The summed E-state index contributed by atoms with van der Waals surface area (Å²) in [4.78, 5) is 31.7. The van der Waals surface area contributed by atoms with E-state index >= 15 is 0 Å². The van der Waals surface area contributed by atoms with E-state index < -0.39 is 52.3 Å². The lowest BCUT2D eigenvalue weighted by atomic mass is 10.1. The van der Waals surface area contributed by atoms with Crippen LogP contribution in [0.5, 0.6) is 0 Å². The lowest BCUT2D eigenvalue weighted by Gasteiger charge is -2.19. The first-order chi connectivity index (χ1) is 10.4. The Hall–Kier alpha value is -2.66. The number of amides is 1. The topological polar surface area (TPSA) is 89.3 Å². The van der Waals surface area contributed by atoms with Crippen molar-refractivity contribution in [2.24, 2.45) is 0 Å². The predicted molar refractivity (Wildman–Crippen MR) is 62.2 cm³/mol. The van der Waals surface area contributed by atoms with E-state index in [0.29, 0.717) is 12.1 Å². The Morgan fingerprint density at radius 1 is 1.17 bits per heavy atom. The number of hydrogen-bond acceptors (Lipinski definition) is 4. The van der Waals surface area contributed by atoms with Gasteiger partial charge in [0.25, 0.3) is 6.54 Å². The number of rotatable bonds is 5.